The first-order chi connectivity index (χ1) is 33.6. The van der Waals surface area contributed by atoms with E-state index in [0.29, 0.717) is 12.8 Å². The molecule has 10 amide bonds. The van der Waals surface area contributed by atoms with Crippen molar-refractivity contribution in [3.05, 3.63) is 0 Å². The molecule has 0 aromatic carbocycles. The monoisotopic (exact) mass is 1040 g/mol. The summed E-state index contributed by atoms with van der Waals surface area (Å²) in [6, 6.07) is -12.1. The Morgan fingerprint density at radius 3 is 1.35 bits per heavy atom. The first kappa shape index (κ1) is 65.9. The lowest BCUT2D eigenvalue weighted by atomic mass is 10.0. The standard InChI is InChI=1S/C45H80N12O14S/c1-22(2)21-31(55-38(63)26(47)12-15-32(48)58)43(68)50-25(7)37(62)51-29(14-17-34(60)61)40(65)53-30(18-20-72-8)42(67)56-35(23(3)4)44(69)54-28(13-16-33(49)59)39(64)52-27(11-9-10-19-46)41(66)57-36(24(5)6)45(70)71/h22-31,35-36H,9-21,46-47H2,1-8H3,(H2,48,58)(H2,49,59)(H,50,68)(H,51,62)(H,52,64)(H,53,65)(H,54,69)(H,55,63)(H,56,67)(H,57,66)(H,60,61)(H,70,71)/t25-,26-,27-,28-,29-,30-,31-,35-,36-/m0/s1. The molecule has 0 aromatic rings. The van der Waals surface area contributed by atoms with E-state index in [4.69, 9.17) is 22.9 Å². The van der Waals surface area contributed by atoms with Crippen LogP contribution in [0.1, 0.15) is 119 Å². The Labute approximate surface area is 424 Å². The molecule has 0 aliphatic heterocycles. The molecule has 410 valence electrons. The Morgan fingerprint density at radius 1 is 0.472 bits per heavy atom. The molecule has 72 heavy (non-hydrogen) atoms. The highest BCUT2D eigenvalue weighted by Gasteiger charge is 2.36. The Morgan fingerprint density at radius 2 is 0.889 bits per heavy atom. The summed E-state index contributed by atoms with van der Waals surface area (Å²) in [5.41, 5.74) is 22.0. The molecule has 0 heterocycles. The number of carbonyl (C=O) groups excluding carboxylic acids is 10. The summed E-state index contributed by atoms with van der Waals surface area (Å²) >= 11 is 1.30. The minimum atomic E-state index is -1.57. The number of carboxylic acid groups (broad SMARTS) is 2. The summed E-state index contributed by atoms with van der Waals surface area (Å²) in [5.74, 6) is -12.1. The fourth-order valence-electron chi connectivity index (χ4n) is 6.81. The molecule has 0 radical (unpaired) electrons. The molecule has 18 N–H and O–H groups in total. The van der Waals surface area contributed by atoms with Crippen LogP contribution in [0, 0.1) is 17.8 Å². The van der Waals surface area contributed by atoms with Gasteiger partial charge in [-0.15, -0.1) is 0 Å². The number of hydrogen-bond acceptors (Lipinski definition) is 15. The Bertz CT molecular complexity index is 1870. The fraction of sp³-hybridized carbons (Fsp3) is 0.733. The van der Waals surface area contributed by atoms with E-state index in [9.17, 15) is 67.7 Å². The van der Waals surface area contributed by atoms with Crippen LogP contribution < -0.4 is 65.5 Å². The molecule has 0 unspecified atom stereocenters. The summed E-state index contributed by atoms with van der Waals surface area (Å²) in [4.78, 5) is 155. The number of unbranched alkanes of at least 4 members (excludes halogenated alkanes) is 1. The number of rotatable bonds is 37. The molecule has 0 saturated carbocycles. The van der Waals surface area contributed by atoms with Gasteiger partial charge in [-0.25, -0.2) is 4.79 Å². The second-order valence-electron chi connectivity index (χ2n) is 18.6. The number of carbonyl (C=O) groups is 12. The molecule has 0 aliphatic carbocycles. The highest BCUT2D eigenvalue weighted by Crippen LogP contribution is 2.12. The van der Waals surface area contributed by atoms with Crippen molar-refractivity contribution in [3.8, 4) is 0 Å². The van der Waals surface area contributed by atoms with Gasteiger partial charge in [0.15, 0.2) is 0 Å². The highest BCUT2D eigenvalue weighted by atomic mass is 32.2. The third-order valence-electron chi connectivity index (χ3n) is 11.0. The second kappa shape index (κ2) is 34.3. The third kappa shape index (κ3) is 26.4. The van der Waals surface area contributed by atoms with Crippen LogP contribution in [-0.4, -0.2) is 154 Å². The SMILES string of the molecule is CSCC[C@H](NC(=O)[C@H](CCC(=O)O)NC(=O)[C@H](C)NC(=O)[C@H](CC(C)C)NC(=O)[C@@H](N)CCC(N)=O)C(=O)N[C@H](C(=O)N[C@@H](CCC(N)=O)C(=O)N[C@@H](CCCCN)C(=O)N[C@H](C(=O)O)C(C)C)C(C)C. The maximum atomic E-state index is 14.0. The van der Waals surface area contributed by atoms with Gasteiger partial charge in [-0.3, -0.25) is 52.7 Å². The first-order valence-electron chi connectivity index (χ1n) is 23.9. The number of hydrogen-bond donors (Lipinski definition) is 14. The van der Waals surface area contributed by atoms with Crippen molar-refractivity contribution < 1.29 is 67.7 Å². The number of thioether (sulfide) groups is 1. The fourth-order valence-corrected chi connectivity index (χ4v) is 7.28. The molecule has 9 atom stereocenters. The zero-order valence-electron chi connectivity index (χ0n) is 42.6. The number of aliphatic carboxylic acids is 2. The number of nitrogens with two attached hydrogens (primary N) is 4. The van der Waals surface area contributed by atoms with E-state index in [1.165, 1.54) is 18.7 Å². The zero-order valence-corrected chi connectivity index (χ0v) is 43.4. The van der Waals surface area contributed by atoms with E-state index in [1.54, 1.807) is 47.8 Å². The third-order valence-corrected chi connectivity index (χ3v) is 11.7. The second-order valence-corrected chi connectivity index (χ2v) is 19.6. The van der Waals surface area contributed by atoms with Crippen molar-refractivity contribution in [1.29, 1.82) is 0 Å². The van der Waals surface area contributed by atoms with Crippen LogP contribution in [0.25, 0.3) is 0 Å². The molecule has 0 rings (SSSR count). The van der Waals surface area contributed by atoms with Gasteiger partial charge in [0, 0.05) is 19.3 Å². The molecular weight excluding hydrogens is 965 g/mol. The van der Waals surface area contributed by atoms with Gasteiger partial charge in [-0.1, -0.05) is 41.5 Å². The van der Waals surface area contributed by atoms with E-state index >= 15 is 0 Å². The van der Waals surface area contributed by atoms with Crippen molar-refractivity contribution in [2.75, 3.05) is 18.6 Å². The lowest BCUT2D eigenvalue weighted by Crippen LogP contribution is -2.61. The molecule has 0 saturated heterocycles. The number of primary amides is 2. The average molecular weight is 1050 g/mol. The zero-order chi connectivity index (χ0) is 55.4. The molecule has 26 nitrogen and oxygen atoms in total. The Balaban J connectivity index is 6.48. The lowest BCUT2D eigenvalue weighted by Gasteiger charge is -2.29. The van der Waals surface area contributed by atoms with E-state index in [-0.39, 0.29) is 56.7 Å². The van der Waals surface area contributed by atoms with Gasteiger partial charge in [0.1, 0.15) is 48.3 Å². The number of carboxylic acids is 2. The predicted molar refractivity (Wildman–Crippen MR) is 265 cm³/mol. The summed E-state index contributed by atoms with van der Waals surface area (Å²) in [6.07, 6.45) is 0.616. The Kier molecular flexibility index (Phi) is 31.4. The Hall–Kier alpha value is -6.09. The molecule has 0 spiro atoms. The van der Waals surface area contributed by atoms with Gasteiger partial charge in [0.2, 0.25) is 59.1 Å². The molecular formula is C45H80N12O14S. The topological polar surface area (TPSA) is 446 Å². The normalized spacial score (nSPS) is 15.0. The van der Waals surface area contributed by atoms with Gasteiger partial charge >= 0.3 is 11.9 Å². The molecule has 0 fully saturated rings. The average Bonchev–Trinajstić information content (AvgIpc) is 3.28. The maximum absolute atomic E-state index is 14.0. The summed E-state index contributed by atoms with van der Waals surface area (Å²) < 4.78 is 0. The summed E-state index contributed by atoms with van der Waals surface area (Å²) in [5, 5.41) is 39.1. The predicted octanol–water partition coefficient (Wildman–Crippen LogP) is -3.07. The summed E-state index contributed by atoms with van der Waals surface area (Å²) in [7, 11) is 0. The van der Waals surface area contributed by atoms with Gasteiger partial charge in [-0.05, 0) is 94.6 Å². The molecule has 0 aliphatic rings. The van der Waals surface area contributed by atoms with Crippen molar-refractivity contribution in [3.63, 3.8) is 0 Å². The van der Waals surface area contributed by atoms with Crippen molar-refractivity contribution in [2.45, 2.75) is 173 Å². The summed E-state index contributed by atoms with van der Waals surface area (Å²) in [6.45, 7) is 11.4. The minimum Gasteiger partial charge on any atom is -0.481 e. The van der Waals surface area contributed by atoms with Crippen LogP contribution in [-0.2, 0) is 57.5 Å². The van der Waals surface area contributed by atoms with Crippen LogP contribution in [0.2, 0.25) is 0 Å². The lowest BCUT2D eigenvalue weighted by molar-refractivity contribution is -0.143. The maximum Gasteiger partial charge on any atom is 0.326 e. The minimum absolute atomic E-state index is 0.0246. The van der Waals surface area contributed by atoms with Crippen LogP contribution in [0.15, 0.2) is 0 Å². The van der Waals surface area contributed by atoms with E-state index in [2.05, 4.69) is 42.5 Å². The van der Waals surface area contributed by atoms with Crippen LogP contribution in [0.3, 0.4) is 0 Å². The van der Waals surface area contributed by atoms with Crippen molar-refractivity contribution in [1.82, 2.24) is 42.5 Å². The molecule has 0 bridgehead atoms. The van der Waals surface area contributed by atoms with Gasteiger partial charge in [0.05, 0.1) is 6.04 Å². The van der Waals surface area contributed by atoms with Gasteiger partial charge < -0.3 is 75.7 Å². The number of nitrogens with one attached hydrogen (secondary N) is 8. The van der Waals surface area contributed by atoms with E-state index in [0.717, 1.165) is 0 Å². The van der Waals surface area contributed by atoms with Crippen molar-refractivity contribution in [2.24, 2.45) is 40.7 Å². The number of amides is 10. The van der Waals surface area contributed by atoms with Gasteiger partial charge in [0.25, 0.3) is 0 Å². The van der Waals surface area contributed by atoms with Crippen molar-refractivity contribution >= 4 is 82.8 Å². The van der Waals surface area contributed by atoms with Crippen LogP contribution in [0.5, 0.6) is 0 Å². The van der Waals surface area contributed by atoms with E-state index < -0.39 is 156 Å². The van der Waals surface area contributed by atoms with Crippen LogP contribution in [0.4, 0.5) is 0 Å². The largest absolute Gasteiger partial charge is 0.481 e. The van der Waals surface area contributed by atoms with E-state index in [1.807, 2.05) is 0 Å². The first-order valence-corrected chi connectivity index (χ1v) is 25.3. The quantitative estimate of drug-likeness (QED) is 0.0275. The highest BCUT2D eigenvalue weighted by molar-refractivity contribution is 7.98. The molecule has 0 aromatic heterocycles. The smallest absolute Gasteiger partial charge is 0.326 e. The van der Waals surface area contributed by atoms with Gasteiger partial charge in [-0.2, -0.15) is 11.8 Å². The molecule has 27 heteroatoms. The van der Waals surface area contributed by atoms with Crippen LogP contribution >= 0.6 is 11.8 Å².